The predicted octanol–water partition coefficient (Wildman–Crippen LogP) is 5.87. The Morgan fingerprint density at radius 3 is 2.42 bits per heavy atom. The third-order valence-electron chi connectivity index (χ3n) is 8.09. The lowest BCUT2D eigenvalue weighted by Crippen LogP contribution is -2.35. The van der Waals surface area contributed by atoms with Gasteiger partial charge in [-0.1, -0.05) is 23.7 Å². The zero-order valence-electron chi connectivity index (χ0n) is 27.4. The second kappa shape index (κ2) is 15.1. The highest BCUT2D eigenvalue weighted by molar-refractivity contribution is 7.92. The number of nitrogens with zero attached hydrogens (tertiary/aromatic N) is 5. The minimum atomic E-state index is -4.19. The first kappa shape index (κ1) is 37.0. The van der Waals surface area contributed by atoms with Crippen LogP contribution in [0.2, 0.25) is 5.02 Å². The minimum Gasteiger partial charge on any atom is -0.497 e. The highest BCUT2D eigenvalue weighted by Gasteiger charge is 2.29. The zero-order chi connectivity index (χ0) is 38.0. The molecule has 1 atom stereocenters. The number of fused-ring (bicyclic) bond motifs is 2. The molecule has 3 N–H and O–H groups in total. The number of hydrogen-bond acceptors (Lipinski definition) is 8. The first-order chi connectivity index (χ1) is 25.2. The summed E-state index contributed by atoms with van der Waals surface area (Å²) < 4.78 is 92.4. The van der Waals surface area contributed by atoms with Crippen LogP contribution in [0.25, 0.3) is 27.6 Å². The van der Waals surface area contributed by atoms with Crippen LogP contribution in [0, 0.1) is 11.6 Å². The molecule has 0 radical (unpaired) electrons. The summed E-state index contributed by atoms with van der Waals surface area (Å²) in [6.45, 7) is -1.08. The van der Waals surface area contributed by atoms with Crippen molar-refractivity contribution >= 4 is 55.5 Å². The summed E-state index contributed by atoms with van der Waals surface area (Å²) in [5, 5.41) is 15.8. The maximum atomic E-state index is 14.3. The number of aryl methyl sites for hydroxylation is 1. The molecule has 0 saturated carbocycles. The summed E-state index contributed by atoms with van der Waals surface area (Å²) in [5.74, 6) is -2.52. The van der Waals surface area contributed by atoms with Gasteiger partial charge in [0.25, 0.3) is 12.0 Å². The molecule has 0 bridgehead atoms. The number of nitrogens with one attached hydrogen (secondary N) is 2. The molecule has 0 spiro atoms. The molecule has 0 aliphatic rings. The second-order valence-corrected chi connectivity index (χ2v) is 13.9. The Bertz CT molecular complexity index is 2500. The number of benzene rings is 3. The van der Waals surface area contributed by atoms with E-state index in [1.165, 1.54) is 37.6 Å². The Balaban J connectivity index is 1.54. The van der Waals surface area contributed by atoms with Gasteiger partial charge < -0.3 is 15.2 Å². The summed E-state index contributed by atoms with van der Waals surface area (Å²) >= 11 is 6.58. The number of alkyl halides is 2. The van der Waals surface area contributed by atoms with E-state index in [0.29, 0.717) is 17.4 Å². The van der Waals surface area contributed by atoms with Crippen LogP contribution in [-0.4, -0.2) is 63.2 Å². The van der Waals surface area contributed by atoms with Gasteiger partial charge in [0.1, 0.15) is 29.8 Å². The number of anilines is 1. The second-order valence-electron chi connectivity index (χ2n) is 11.7. The number of methoxy groups -OCH3 is 1. The van der Waals surface area contributed by atoms with Gasteiger partial charge in [0, 0.05) is 18.7 Å². The number of halogens is 5. The Morgan fingerprint density at radius 2 is 1.75 bits per heavy atom. The van der Waals surface area contributed by atoms with E-state index in [0.717, 1.165) is 21.4 Å². The molecule has 0 unspecified atom stereocenters. The molecule has 0 aliphatic heterocycles. The van der Waals surface area contributed by atoms with E-state index in [4.69, 9.17) is 16.3 Å². The Labute approximate surface area is 302 Å². The maximum absolute atomic E-state index is 14.3. The molecule has 53 heavy (non-hydrogen) atoms. The quantitative estimate of drug-likeness (QED) is 0.122. The van der Waals surface area contributed by atoms with E-state index in [9.17, 15) is 40.7 Å². The number of ether oxygens (including phenoxy) is 1. The van der Waals surface area contributed by atoms with Crippen LogP contribution in [0.3, 0.4) is 0 Å². The number of sulfonamides is 1. The molecule has 3 heterocycles. The zero-order valence-corrected chi connectivity index (χ0v) is 29.0. The molecule has 3 aromatic heterocycles. The van der Waals surface area contributed by atoms with Crippen molar-refractivity contribution in [1.82, 2.24) is 29.6 Å². The SMILES string of the molecule is COc1ccc(CCS(=O)(=O)Nc2nn(CC(F)F)c3c(-n4c([C@H](Cc5cc(F)cc(F)c5)NC(=O)O)nc5ncccc5c4=O)ccc(Cl)c23)cc1. The van der Waals surface area contributed by atoms with Crippen LogP contribution >= 0.6 is 11.6 Å². The van der Waals surface area contributed by atoms with E-state index >= 15 is 0 Å². The van der Waals surface area contributed by atoms with Crippen LogP contribution in [0.15, 0.2) is 77.7 Å². The molecular weight excluding hydrogens is 746 g/mol. The number of pyridine rings is 1. The third-order valence-corrected chi connectivity index (χ3v) is 9.65. The van der Waals surface area contributed by atoms with Crippen LogP contribution in [-0.2, 0) is 29.4 Å². The molecular formula is C34H28ClF4N7O6S. The summed E-state index contributed by atoms with van der Waals surface area (Å²) in [4.78, 5) is 35.0. The Morgan fingerprint density at radius 1 is 1.04 bits per heavy atom. The van der Waals surface area contributed by atoms with Crippen LogP contribution in [0.1, 0.15) is 23.0 Å². The van der Waals surface area contributed by atoms with Crippen molar-refractivity contribution in [3.63, 3.8) is 0 Å². The topological polar surface area (TPSA) is 170 Å². The van der Waals surface area contributed by atoms with E-state index < -0.39 is 70.3 Å². The lowest BCUT2D eigenvalue weighted by atomic mass is 10.0. The largest absolute Gasteiger partial charge is 0.497 e. The molecule has 0 aliphatic carbocycles. The van der Waals surface area contributed by atoms with Crippen LogP contribution in [0.4, 0.5) is 28.2 Å². The first-order valence-corrected chi connectivity index (χ1v) is 17.7. The molecule has 0 saturated heterocycles. The molecule has 6 rings (SSSR count). The number of carbonyl (C=O) groups is 1. The Hall–Kier alpha value is -5.75. The normalized spacial score (nSPS) is 12.4. The number of amides is 1. The molecule has 19 heteroatoms. The van der Waals surface area contributed by atoms with Gasteiger partial charge in [-0.3, -0.25) is 18.8 Å². The highest BCUT2D eigenvalue weighted by atomic mass is 35.5. The van der Waals surface area contributed by atoms with Gasteiger partial charge in [0.05, 0.1) is 45.9 Å². The van der Waals surface area contributed by atoms with Gasteiger partial charge in [-0.05, 0) is 66.1 Å². The third kappa shape index (κ3) is 8.18. The molecule has 3 aromatic carbocycles. The first-order valence-electron chi connectivity index (χ1n) is 15.7. The van der Waals surface area contributed by atoms with Crippen molar-refractivity contribution in [3.05, 3.63) is 117 Å². The lowest BCUT2D eigenvalue weighted by molar-refractivity contribution is 0.123. The average Bonchev–Trinajstić information content (AvgIpc) is 3.44. The fourth-order valence-electron chi connectivity index (χ4n) is 5.84. The van der Waals surface area contributed by atoms with Gasteiger partial charge in [-0.25, -0.2) is 40.7 Å². The summed E-state index contributed by atoms with van der Waals surface area (Å²) in [5.41, 5.74) is -0.732. The van der Waals surface area contributed by atoms with Crippen molar-refractivity contribution in [2.24, 2.45) is 0 Å². The monoisotopic (exact) mass is 773 g/mol. The standard InChI is InChI=1S/C34H28ClF4N7O6S/c1-52-22-6-4-18(5-7-22)10-12-53(50,51)44-31-28-24(35)8-9-26(29(28)45(43-31)17-27(38)39)46-32(42-30-23(33(46)47)3-2-11-40-30)25(41-34(48)49)15-19-13-20(36)16-21(37)14-19/h2-9,11,13-14,16,25,27,41H,10,12,15,17H2,1H3,(H,43,44)(H,48,49)/t25-/m0/s1. The highest BCUT2D eigenvalue weighted by Crippen LogP contribution is 2.36. The molecule has 1 amide bonds. The van der Waals surface area contributed by atoms with Crippen LogP contribution in [0.5, 0.6) is 5.75 Å². The van der Waals surface area contributed by atoms with Gasteiger partial charge in [0.15, 0.2) is 11.5 Å². The van der Waals surface area contributed by atoms with Crippen molar-refractivity contribution < 1.29 is 40.6 Å². The smallest absolute Gasteiger partial charge is 0.405 e. The summed E-state index contributed by atoms with van der Waals surface area (Å²) in [7, 11) is -2.70. The number of carboxylic acid groups (broad SMARTS) is 1. The van der Waals surface area contributed by atoms with Crippen molar-refractivity contribution in [2.75, 3.05) is 17.6 Å². The van der Waals surface area contributed by atoms with E-state index in [1.807, 2.05) is 0 Å². The molecule has 276 valence electrons. The maximum Gasteiger partial charge on any atom is 0.405 e. The fourth-order valence-corrected chi connectivity index (χ4v) is 7.13. The van der Waals surface area contributed by atoms with Crippen molar-refractivity contribution in [3.8, 4) is 11.4 Å². The van der Waals surface area contributed by atoms with Crippen molar-refractivity contribution in [1.29, 1.82) is 0 Å². The lowest BCUT2D eigenvalue weighted by Gasteiger charge is -2.22. The Kier molecular flexibility index (Phi) is 10.5. The van der Waals surface area contributed by atoms with Gasteiger partial charge in [-0.2, -0.15) is 5.10 Å². The van der Waals surface area contributed by atoms with E-state index in [1.54, 1.807) is 24.3 Å². The molecule has 13 nitrogen and oxygen atoms in total. The summed E-state index contributed by atoms with van der Waals surface area (Å²) in [6.07, 6.45) is -3.65. The van der Waals surface area contributed by atoms with E-state index in [2.05, 4.69) is 25.1 Å². The van der Waals surface area contributed by atoms with E-state index in [-0.39, 0.29) is 50.5 Å². The molecule has 0 fully saturated rings. The number of hydrogen-bond donors (Lipinski definition) is 3. The predicted molar refractivity (Wildman–Crippen MR) is 188 cm³/mol. The fraction of sp³-hybridized carbons (Fsp3) is 0.206. The number of rotatable bonds is 13. The average molecular weight is 774 g/mol. The summed E-state index contributed by atoms with van der Waals surface area (Å²) in [6, 6.07) is 13.1. The minimum absolute atomic E-state index is 0.0153. The number of aromatic nitrogens is 5. The van der Waals surface area contributed by atoms with Gasteiger partial charge in [-0.15, -0.1) is 0 Å². The van der Waals surface area contributed by atoms with Gasteiger partial charge >= 0.3 is 6.09 Å². The van der Waals surface area contributed by atoms with Crippen molar-refractivity contribution in [2.45, 2.75) is 31.9 Å². The molecule has 6 aromatic rings. The van der Waals surface area contributed by atoms with Gasteiger partial charge in [0.2, 0.25) is 10.0 Å². The van der Waals surface area contributed by atoms with Crippen LogP contribution < -0.4 is 20.3 Å².